The molecule has 2 saturated heterocycles. The van der Waals surface area contributed by atoms with Crippen LogP contribution < -0.4 is 10.2 Å². The number of piperidine rings is 1. The zero-order chi connectivity index (χ0) is 22.2. The van der Waals surface area contributed by atoms with Crippen LogP contribution in [0.5, 0.6) is 0 Å². The summed E-state index contributed by atoms with van der Waals surface area (Å²) in [6.45, 7) is 6.39. The summed E-state index contributed by atoms with van der Waals surface area (Å²) in [5.74, 6) is 0.0714. The Hall–Kier alpha value is -2.41. The second-order valence-electron chi connectivity index (χ2n) is 8.71. The number of ether oxygens (including phenoxy) is 2. The van der Waals surface area contributed by atoms with E-state index in [9.17, 15) is 4.79 Å². The maximum atomic E-state index is 13.2. The Labute approximate surface area is 191 Å². The Balaban J connectivity index is 1.34. The van der Waals surface area contributed by atoms with Crippen LogP contribution in [0, 0.1) is 5.92 Å². The fourth-order valence-corrected chi connectivity index (χ4v) is 4.81. The summed E-state index contributed by atoms with van der Waals surface area (Å²) in [7, 11) is 1.72. The third-order valence-corrected chi connectivity index (χ3v) is 6.58. The summed E-state index contributed by atoms with van der Waals surface area (Å²) >= 11 is 0. The molecule has 2 fully saturated rings. The maximum absolute atomic E-state index is 13.2. The monoisotopic (exact) mass is 437 g/mol. The van der Waals surface area contributed by atoms with Crippen LogP contribution in [0.4, 0.5) is 5.69 Å². The number of nitrogens with zero attached hydrogens (tertiary/aromatic N) is 2. The van der Waals surface area contributed by atoms with Crippen molar-refractivity contribution in [2.24, 2.45) is 5.92 Å². The number of likely N-dealkylation sites (tertiary alicyclic amines) is 1. The third kappa shape index (κ3) is 5.88. The summed E-state index contributed by atoms with van der Waals surface area (Å²) in [6, 6.07) is 19.1. The molecular formula is C26H35N3O3. The fourth-order valence-electron chi connectivity index (χ4n) is 4.81. The van der Waals surface area contributed by atoms with Crippen molar-refractivity contribution in [3.63, 3.8) is 0 Å². The van der Waals surface area contributed by atoms with Crippen molar-refractivity contribution in [1.82, 2.24) is 10.2 Å². The van der Waals surface area contributed by atoms with Gasteiger partial charge in [-0.15, -0.1) is 0 Å². The predicted molar refractivity (Wildman–Crippen MR) is 127 cm³/mol. The van der Waals surface area contributed by atoms with Crippen molar-refractivity contribution in [1.29, 1.82) is 0 Å². The first-order valence-corrected chi connectivity index (χ1v) is 11.7. The number of amides is 1. The molecule has 1 amide bonds. The Morgan fingerprint density at radius 1 is 1.03 bits per heavy atom. The molecule has 0 saturated carbocycles. The van der Waals surface area contributed by atoms with Crippen molar-refractivity contribution >= 4 is 11.6 Å². The van der Waals surface area contributed by atoms with Crippen LogP contribution in [-0.2, 0) is 27.4 Å². The van der Waals surface area contributed by atoms with Crippen LogP contribution >= 0.6 is 0 Å². The van der Waals surface area contributed by atoms with Gasteiger partial charge in [-0.3, -0.25) is 9.69 Å². The third-order valence-electron chi connectivity index (χ3n) is 6.58. The van der Waals surface area contributed by atoms with Crippen molar-refractivity contribution < 1.29 is 14.3 Å². The van der Waals surface area contributed by atoms with Crippen LogP contribution in [0.1, 0.15) is 24.0 Å². The van der Waals surface area contributed by atoms with Crippen LogP contribution in [-0.4, -0.2) is 63.4 Å². The average molecular weight is 438 g/mol. The van der Waals surface area contributed by atoms with E-state index in [1.807, 2.05) is 6.07 Å². The molecule has 172 valence electrons. The summed E-state index contributed by atoms with van der Waals surface area (Å²) < 4.78 is 11.0. The highest BCUT2D eigenvalue weighted by atomic mass is 16.5. The van der Waals surface area contributed by atoms with Gasteiger partial charge in [0, 0.05) is 45.0 Å². The summed E-state index contributed by atoms with van der Waals surface area (Å²) in [5.41, 5.74) is 3.61. The van der Waals surface area contributed by atoms with E-state index in [0.717, 1.165) is 57.8 Å². The largest absolute Gasteiger partial charge is 0.383 e. The number of hydrogen-bond donors (Lipinski definition) is 1. The van der Waals surface area contributed by atoms with Gasteiger partial charge in [-0.05, 0) is 42.6 Å². The summed E-state index contributed by atoms with van der Waals surface area (Å²) in [4.78, 5) is 17.9. The molecule has 4 rings (SSSR count). The van der Waals surface area contributed by atoms with E-state index in [4.69, 9.17) is 9.47 Å². The van der Waals surface area contributed by atoms with Crippen molar-refractivity contribution in [2.45, 2.75) is 32.0 Å². The fraction of sp³-hybridized carbons (Fsp3) is 0.500. The van der Waals surface area contributed by atoms with E-state index in [2.05, 4.69) is 63.6 Å². The summed E-state index contributed by atoms with van der Waals surface area (Å²) in [5, 5.41) is 3.19. The lowest BCUT2D eigenvalue weighted by Crippen LogP contribution is -2.52. The van der Waals surface area contributed by atoms with E-state index < -0.39 is 0 Å². The lowest BCUT2D eigenvalue weighted by atomic mass is 9.88. The SMILES string of the molecule is COC[C@@H]1[C@H](C(=O)NCc2ccc(N3CCOCC3)cc2)CCCN1Cc1ccccc1. The Kier molecular flexibility index (Phi) is 8.15. The van der Waals surface area contributed by atoms with E-state index in [1.165, 1.54) is 11.3 Å². The number of carbonyl (C=O) groups excluding carboxylic acids is 1. The Morgan fingerprint density at radius 3 is 2.50 bits per heavy atom. The van der Waals surface area contributed by atoms with E-state index in [-0.39, 0.29) is 17.9 Å². The molecule has 6 heteroatoms. The normalized spacial score (nSPS) is 22.0. The van der Waals surface area contributed by atoms with Gasteiger partial charge in [-0.2, -0.15) is 0 Å². The minimum atomic E-state index is -0.0555. The van der Waals surface area contributed by atoms with E-state index >= 15 is 0 Å². The minimum absolute atomic E-state index is 0.0555. The number of nitrogens with one attached hydrogen (secondary N) is 1. The zero-order valence-electron chi connectivity index (χ0n) is 19.0. The van der Waals surface area contributed by atoms with Gasteiger partial charge in [-0.25, -0.2) is 0 Å². The molecule has 0 bridgehead atoms. The lowest BCUT2D eigenvalue weighted by molar-refractivity contribution is -0.130. The van der Waals surface area contributed by atoms with Gasteiger partial charge in [0.05, 0.1) is 25.7 Å². The van der Waals surface area contributed by atoms with Gasteiger partial charge in [-0.1, -0.05) is 42.5 Å². The number of morpholine rings is 1. The van der Waals surface area contributed by atoms with Crippen LogP contribution in [0.2, 0.25) is 0 Å². The average Bonchev–Trinajstić information content (AvgIpc) is 2.85. The second kappa shape index (κ2) is 11.5. The van der Waals surface area contributed by atoms with Crippen LogP contribution in [0.3, 0.4) is 0 Å². The molecule has 0 aromatic heterocycles. The number of hydrogen-bond acceptors (Lipinski definition) is 5. The molecule has 2 aliphatic rings. The van der Waals surface area contributed by atoms with Crippen LogP contribution in [0.25, 0.3) is 0 Å². The van der Waals surface area contributed by atoms with Gasteiger partial charge >= 0.3 is 0 Å². The van der Waals surface area contributed by atoms with Gasteiger partial charge in [0.15, 0.2) is 0 Å². The molecule has 0 aliphatic carbocycles. The number of rotatable bonds is 8. The summed E-state index contributed by atoms with van der Waals surface area (Å²) in [6.07, 6.45) is 1.93. The molecule has 0 unspecified atom stereocenters. The van der Waals surface area contributed by atoms with Gasteiger partial charge in [0.25, 0.3) is 0 Å². The number of carbonyl (C=O) groups is 1. The zero-order valence-corrected chi connectivity index (χ0v) is 19.0. The van der Waals surface area contributed by atoms with Crippen LogP contribution in [0.15, 0.2) is 54.6 Å². The number of anilines is 1. The van der Waals surface area contributed by atoms with Gasteiger partial charge < -0.3 is 19.7 Å². The van der Waals surface area contributed by atoms with Gasteiger partial charge in [0.1, 0.15) is 0 Å². The first-order valence-electron chi connectivity index (χ1n) is 11.7. The molecule has 2 atom stereocenters. The molecule has 32 heavy (non-hydrogen) atoms. The number of methoxy groups -OCH3 is 1. The smallest absolute Gasteiger partial charge is 0.225 e. The second-order valence-corrected chi connectivity index (χ2v) is 8.71. The molecule has 0 radical (unpaired) electrons. The molecule has 6 nitrogen and oxygen atoms in total. The molecule has 0 spiro atoms. The van der Waals surface area contributed by atoms with Crippen molar-refractivity contribution in [3.8, 4) is 0 Å². The topological polar surface area (TPSA) is 54.0 Å². The predicted octanol–water partition coefficient (Wildman–Crippen LogP) is 3.07. The first kappa shape index (κ1) is 22.8. The molecule has 2 aliphatic heterocycles. The Bertz CT molecular complexity index is 837. The van der Waals surface area contributed by atoms with E-state index in [1.54, 1.807) is 7.11 Å². The van der Waals surface area contributed by atoms with Crippen molar-refractivity contribution in [3.05, 3.63) is 65.7 Å². The highest BCUT2D eigenvalue weighted by Gasteiger charge is 2.35. The highest BCUT2D eigenvalue weighted by molar-refractivity contribution is 5.79. The Morgan fingerprint density at radius 2 is 1.78 bits per heavy atom. The number of benzene rings is 2. The van der Waals surface area contributed by atoms with E-state index in [0.29, 0.717) is 13.2 Å². The molecular weight excluding hydrogens is 402 g/mol. The first-order chi connectivity index (χ1) is 15.7. The standard InChI is InChI=1S/C26H35N3O3/c1-31-20-25-24(8-5-13-29(25)19-22-6-3-2-4-7-22)26(30)27-18-21-9-11-23(12-10-21)28-14-16-32-17-15-28/h2-4,6-7,9-12,24-25H,5,8,13-20H2,1H3,(H,27,30)/t24-,25-/m1/s1. The quantitative estimate of drug-likeness (QED) is 0.688. The molecule has 1 N–H and O–H groups in total. The maximum Gasteiger partial charge on any atom is 0.225 e. The highest BCUT2D eigenvalue weighted by Crippen LogP contribution is 2.26. The molecule has 2 heterocycles. The molecule has 2 aromatic carbocycles. The van der Waals surface area contributed by atoms with Gasteiger partial charge in [0.2, 0.25) is 5.91 Å². The van der Waals surface area contributed by atoms with Crippen molar-refractivity contribution in [2.75, 3.05) is 51.5 Å². The molecule has 2 aromatic rings. The minimum Gasteiger partial charge on any atom is -0.383 e. The lowest BCUT2D eigenvalue weighted by Gasteiger charge is -2.40.